The first-order valence-corrected chi connectivity index (χ1v) is 11.6. The van der Waals surface area contributed by atoms with Gasteiger partial charge in [0.25, 0.3) is 11.8 Å². The van der Waals surface area contributed by atoms with Gasteiger partial charge in [-0.1, -0.05) is 72.8 Å². The van der Waals surface area contributed by atoms with Gasteiger partial charge in [0.15, 0.2) is 0 Å². The third-order valence-corrected chi connectivity index (χ3v) is 6.16. The standard InChI is InChI=1S/C28H29N3O3/c1-19-22-14-6-7-15-23(22)24-16-8-9-17-25(24)31(28(19)34)30-27(33)20(2)29-26(32)18-10-13-21-11-4-3-5-12-21/h3-9,11-12,14-17,19-20H,10,13,18H2,1-2H3,(H,29,32)(H,30,33)/t19?,20-/m0/s1. The summed E-state index contributed by atoms with van der Waals surface area (Å²) in [5, 5.41) is 4.07. The molecule has 1 heterocycles. The Morgan fingerprint density at radius 3 is 2.32 bits per heavy atom. The first kappa shape index (κ1) is 23.2. The fraction of sp³-hybridized carbons (Fsp3) is 0.250. The van der Waals surface area contributed by atoms with Gasteiger partial charge in [0.2, 0.25) is 5.91 Å². The van der Waals surface area contributed by atoms with E-state index in [0.717, 1.165) is 23.1 Å². The molecule has 0 radical (unpaired) electrons. The summed E-state index contributed by atoms with van der Waals surface area (Å²) in [5.74, 6) is -1.31. The summed E-state index contributed by atoms with van der Waals surface area (Å²) in [5.41, 5.74) is 7.28. The van der Waals surface area contributed by atoms with Crippen LogP contribution in [0.25, 0.3) is 11.1 Å². The van der Waals surface area contributed by atoms with Crippen molar-refractivity contribution >= 4 is 23.4 Å². The van der Waals surface area contributed by atoms with Crippen molar-refractivity contribution in [3.05, 3.63) is 90.0 Å². The van der Waals surface area contributed by atoms with E-state index in [1.165, 1.54) is 10.6 Å². The Kier molecular flexibility index (Phi) is 7.07. The highest BCUT2D eigenvalue weighted by atomic mass is 16.2. The number of anilines is 1. The van der Waals surface area contributed by atoms with Crippen molar-refractivity contribution < 1.29 is 14.4 Å². The zero-order valence-electron chi connectivity index (χ0n) is 19.5. The summed E-state index contributed by atoms with van der Waals surface area (Å²) < 4.78 is 0. The third-order valence-electron chi connectivity index (χ3n) is 6.16. The minimum absolute atomic E-state index is 0.193. The number of hydrogen-bond donors (Lipinski definition) is 2. The van der Waals surface area contributed by atoms with Gasteiger partial charge in [-0.2, -0.15) is 0 Å². The molecule has 3 amide bonds. The van der Waals surface area contributed by atoms with Crippen molar-refractivity contribution in [3.8, 4) is 11.1 Å². The number of amides is 3. The highest BCUT2D eigenvalue weighted by Gasteiger charge is 2.33. The van der Waals surface area contributed by atoms with Crippen LogP contribution >= 0.6 is 0 Å². The molecule has 2 atom stereocenters. The number of nitrogens with zero attached hydrogens (tertiary/aromatic N) is 1. The number of rotatable bonds is 7. The van der Waals surface area contributed by atoms with Crippen LogP contribution in [0, 0.1) is 0 Å². The number of hydrazine groups is 1. The lowest BCUT2D eigenvalue weighted by molar-refractivity contribution is -0.130. The minimum atomic E-state index is -0.787. The van der Waals surface area contributed by atoms with Crippen LogP contribution in [0.2, 0.25) is 0 Å². The molecule has 0 saturated carbocycles. The number of hydrogen-bond acceptors (Lipinski definition) is 3. The zero-order valence-corrected chi connectivity index (χ0v) is 19.5. The summed E-state index contributed by atoms with van der Waals surface area (Å²) in [4.78, 5) is 38.7. The fourth-order valence-corrected chi connectivity index (χ4v) is 4.26. The van der Waals surface area contributed by atoms with Crippen molar-refractivity contribution in [2.75, 3.05) is 5.01 Å². The van der Waals surface area contributed by atoms with Gasteiger partial charge in [-0.3, -0.25) is 19.8 Å². The SMILES string of the molecule is CC1C(=O)N(NC(=O)[C@H](C)NC(=O)CCCc2ccccc2)c2ccccc2-c2ccccc21. The minimum Gasteiger partial charge on any atom is -0.345 e. The number of aryl methyl sites for hydroxylation is 1. The summed E-state index contributed by atoms with van der Waals surface area (Å²) in [6, 6.07) is 24.5. The van der Waals surface area contributed by atoms with Crippen molar-refractivity contribution in [2.24, 2.45) is 0 Å². The van der Waals surface area contributed by atoms with Crippen LogP contribution in [0.15, 0.2) is 78.9 Å². The number of nitrogens with one attached hydrogen (secondary N) is 2. The predicted octanol–water partition coefficient (Wildman–Crippen LogP) is 4.36. The molecule has 0 bridgehead atoms. The second kappa shape index (κ2) is 10.3. The molecular formula is C28H29N3O3. The zero-order chi connectivity index (χ0) is 24.1. The predicted molar refractivity (Wildman–Crippen MR) is 133 cm³/mol. The molecule has 34 heavy (non-hydrogen) atoms. The smallest absolute Gasteiger partial charge is 0.261 e. The quantitative estimate of drug-likeness (QED) is 0.556. The molecule has 0 aromatic heterocycles. The Bertz CT molecular complexity index is 1190. The Balaban J connectivity index is 1.42. The molecule has 6 nitrogen and oxygen atoms in total. The highest BCUT2D eigenvalue weighted by molar-refractivity contribution is 6.06. The molecule has 1 unspecified atom stereocenters. The number of carbonyl (C=O) groups excluding carboxylic acids is 3. The normalized spacial score (nSPS) is 15.5. The van der Waals surface area contributed by atoms with E-state index in [2.05, 4.69) is 10.7 Å². The summed E-state index contributed by atoms with van der Waals surface area (Å²) in [6.07, 6.45) is 1.81. The van der Waals surface area contributed by atoms with Crippen molar-refractivity contribution in [3.63, 3.8) is 0 Å². The Morgan fingerprint density at radius 1 is 0.912 bits per heavy atom. The molecular weight excluding hydrogens is 426 g/mol. The lowest BCUT2D eigenvalue weighted by Gasteiger charge is -2.27. The Hall–Kier alpha value is -3.93. The van der Waals surface area contributed by atoms with Crippen LogP contribution in [0.4, 0.5) is 5.69 Å². The summed E-state index contributed by atoms with van der Waals surface area (Å²) >= 11 is 0. The molecule has 1 aliphatic rings. The van der Waals surface area contributed by atoms with Crippen LogP contribution < -0.4 is 15.8 Å². The van der Waals surface area contributed by atoms with Crippen LogP contribution in [-0.2, 0) is 20.8 Å². The maximum atomic E-state index is 13.4. The van der Waals surface area contributed by atoms with E-state index in [1.54, 1.807) is 6.92 Å². The van der Waals surface area contributed by atoms with E-state index in [4.69, 9.17) is 0 Å². The number of para-hydroxylation sites is 1. The van der Waals surface area contributed by atoms with Crippen LogP contribution in [0.1, 0.15) is 43.7 Å². The molecule has 0 aliphatic carbocycles. The second-order valence-corrected chi connectivity index (χ2v) is 8.60. The number of benzene rings is 3. The number of fused-ring (bicyclic) bond motifs is 3. The van der Waals surface area contributed by atoms with E-state index >= 15 is 0 Å². The van der Waals surface area contributed by atoms with Crippen molar-refractivity contribution in [2.45, 2.75) is 45.1 Å². The first-order valence-electron chi connectivity index (χ1n) is 11.6. The molecule has 0 fully saturated rings. The van der Waals surface area contributed by atoms with E-state index in [9.17, 15) is 14.4 Å². The molecule has 174 valence electrons. The average molecular weight is 456 g/mol. The van der Waals surface area contributed by atoms with Crippen LogP contribution in [-0.4, -0.2) is 23.8 Å². The largest absolute Gasteiger partial charge is 0.345 e. The van der Waals surface area contributed by atoms with Gasteiger partial charge < -0.3 is 5.32 Å². The monoisotopic (exact) mass is 455 g/mol. The molecule has 2 N–H and O–H groups in total. The van der Waals surface area contributed by atoms with Crippen molar-refractivity contribution in [1.82, 2.24) is 10.7 Å². The highest BCUT2D eigenvalue weighted by Crippen LogP contribution is 2.39. The topological polar surface area (TPSA) is 78.5 Å². The van der Waals surface area contributed by atoms with E-state index in [-0.39, 0.29) is 11.8 Å². The molecule has 1 aliphatic heterocycles. The van der Waals surface area contributed by atoms with Crippen LogP contribution in [0.5, 0.6) is 0 Å². The lowest BCUT2D eigenvalue weighted by Crippen LogP contribution is -2.54. The van der Waals surface area contributed by atoms with E-state index < -0.39 is 17.9 Å². The Morgan fingerprint density at radius 2 is 1.56 bits per heavy atom. The molecule has 6 heteroatoms. The fourth-order valence-electron chi connectivity index (χ4n) is 4.26. The van der Waals surface area contributed by atoms with Gasteiger partial charge in [0, 0.05) is 12.0 Å². The summed E-state index contributed by atoms with van der Waals surface area (Å²) in [6.45, 7) is 3.46. The molecule has 0 saturated heterocycles. The third kappa shape index (κ3) is 5.01. The Labute approximate surface area is 200 Å². The number of carbonyl (C=O) groups is 3. The van der Waals surface area contributed by atoms with Gasteiger partial charge in [0.05, 0.1) is 11.6 Å². The van der Waals surface area contributed by atoms with Gasteiger partial charge in [-0.05, 0) is 49.4 Å². The first-order chi connectivity index (χ1) is 16.5. The van der Waals surface area contributed by atoms with E-state index in [1.807, 2.05) is 85.8 Å². The second-order valence-electron chi connectivity index (χ2n) is 8.60. The molecule has 3 aromatic carbocycles. The van der Waals surface area contributed by atoms with Crippen LogP contribution in [0.3, 0.4) is 0 Å². The van der Waals surface area contributed by atoms with Gasteiger partial charge in [-0.15, -0.1) is 0 Å². The maximum Gasteiger partial charge on any atom is 0.261 e. The van der Waals surface area contributed by atoms with Gasteiger partial charge >= 0.3 is 0 Å². The lowest BCUT2D eigenvalue weighted by atomic mass is 9.92. The molecule has 4 rings (SSSR count). The van der Waals surface area contributed by atoms with Gasteiger partial charge in [0.1, 0.15) is 6.04 Å². The average Bonchev–Trinajstić information content (AvgIpc) is 2.94. The van der Waals surface area contributed by atoms with Gasteiger partial charge in [-0.25, -0.2) is 5.01 Å². The molecule has 0 spiro atoms. The van der Waals surface area contributed by atoms with E-state index in [0.29, 0.717) is 18.5 Å². The molecule has 3 aromatic rings. The summed E-state index contributed by atoms with van der Waals surface area (Å²) in [7, 11) is 0. The maximum absolute atomic E-state index is 13.4. The van der Waals surface area contributed by atoms with Crippen molar-refractivity contribution in [1.29, 1.82) is 0 Å².